The summed E-state index contributed by atoms with van der Waals surface area (Å²) in [4.78, 5) is 46.7. The van der Waals surface area contributed by atoms with Crippen LogP contribution in [0.15, 0.2) is 52.2 Å². The first-order chi connectivity index (χ1) is 21.9. The molecule has 248 valence electrons. The SMILES string of the molecule is CCCN(CC(=O)Nc1cccc(-c2csc(SCC(=O)NC3CCN(Cc4ccc(C)c(C)c4)CC3)n2)c1)C(=O)OC(C)(C)C. The van der Waals surface area contributed by atoms with Crippen LogP contribution in [0.4, 0.5) is 10.5 Å². The quantitative estimate of drug-likeness (QED) is 0.203. The standard InChI is InChI=1S/C35H47N5O4S2/c1-7-15-40(34(43)44-35(4,5)6)21-31(41)37-29-10-8-9-27(19-29)30-22-45-33(38-30)46-23-32(42)36-28-13-16-39(17-14-28)20-26-12-11-24(2)25(3)18-26/h8-12,18-19,22,28H,7,13-17,20-21,23H2,1-6H3,(H,36,42)(H,37,41). The number of rotatable bonds is 12. The summed E-state index contributed by atoms with van der Waals surface area (Å²) in [5.74, 6) is 0.0456. The molecule has 3 aromatic rings. The van der Waals surface area contributed by atoms with Gasteiger partial charge < -0.3 is 15.4 Å². The Hall–Kier alpha value is -3.41. The van der Waals surface area contributed by atoms with E-state index in [1.165, 1.54) is 44.7 Å². The summed E-state index contributed by atoms with van der Waals surface area (Å²) in [6, 6.07) is 14.3. The molecule has 2 heterocycles. The van der Waals surface area contributed by atoms with Gasteiger partial charge in [0.15, 0.2) is 4.34 Å². The molecule has 2 aromatic carbocycles. The number of hydrogen-bond donors (Lipinski definition) is 2. The van der Waals surface area contributed by atoms with Gasteiger partial charge in [-0.1, -0.05) is 49.0 Å². The van der Waals surface area contributed by atoms with Crippen molar-refractivity contribution < 1.29 is 19.1 Å². The number of benzene rings is 2. The van der Waals surface area contributed by atoms with Crippen LogP contribution >= 0.6 is 23.1 Å². The average molecular weight is 666 g/mol. The molecule has 0 unspecified atom stereocenters. The lowest BCUT2D eigenvalue weighted by Crippen LogP contribution is -2.44. The highest BCUT2D eigenvalue weighted by molar-refractivity contribution is 8.01. The molecule has 3 amide bonds. The van der Waals surface area contributed by atoms with Crippen LogP contribution in [0.2, 0.25) is 0 Å². The largest absolute Gasteiger partial charge is 0.444 e. The first-order valence-corrected chi connectivity index (χ1v) is 17.8. The monoisotopic (exact) mass is 665 g/mol. The molecular weight excluding hydrogens is 619 g/mol. The minimum Gasteiger partial charge on any atom is -0.444 e. The number of thioether (sulfide) groups is 1. The van der Waals surface area contributed by atoms with E-state index in [4.69, 9.17) is 9.72 Å². The second-order valence-electron chi connectivity index (χ2n) is 12.9. The second-order valence-corrected chi connectivity index (χ2v) is 14.9. The topological polar surface area (TPSA) is 104 Å². The average Bonchev–Trinajstić information content (AvgIpc) is 3.47. The molecule has 0 atom stereocenters. The predicted molar refractivity (Wildman–Crippen MR) is 187 cm³/mol. The molecule has 0 aliphatic carbocycles. The number of piperidine rings is 1. The van der Waals surface area contributed by atoms with Crippen molar-refractivity contribution in [2.75, 3.05) is 37.2 Å². The van der Waals surface area contributed by atoms with E-state index < -0.39 is 11.7 Å². The van der Waals surface area contributed by atoms with Crippen LogP contribution in [0.3, 0.4) is 0 Å². The summed E-state index contributed by atoms with van der Waals surface area (Å²) in [5, 5.41) is 8.06. The number of likely N-dealkylation sites (tertiary alicyclic amines) is 1. The number of aromatic nitrogens is 1. The van der Waals surface area contributed by atoms with Crippen molar-refractivity contribution in [3.05, 3.63) is 64.5 Å². The van der Waals surface area contributed by atoms with Crippen molar-refractivity contribution >= 4 is 46.7 Å². The van der Waals surface area contributed by atoms with Gasteiger partial charge in [-0.15, -0.1) is 11.3 Å². The van der Waals surface area contributed by atoms with E-state index in [1.54, 1.807) is 26.8 Å². The van der Waals surface area contributed by atoms with E-state index in [1.807, 2.05) is 30.5 Å². The van der Waals surface area contributed by atoms with Crippen LogP contribution in [-0.2, 0) is 20.9 Å². The number of hydrogen-bond acceptors (Lipinski definition) is 8. The van der Waals surface area contributed by atoms with Crippen molar-refractivity contribution in [3.63, 3.8) is 0 Å². The number of aryl methyl sites for hydroxylation is 2. The minimum absolute atomic E-state index is 0.0302. The van der Waals surface area contributed by atoms with E-state index in [-0.39, 0.29) is 24.4 Å². The number of amides is 3. The summed E-state index contributed by atoms with van der Waals surface area (Å²) in [5.41, 5.74) is 5.61. The highest BCUT2D eigenvalue weighted by Crippen LogP contribution is 2.29. The van der Waals surface area contributed by atoms with Crippen LogP contribution in [0.25, 0.3) is 11.3 Å². The Balaban J connectivity index is 1.22. The third kappa shape index (κ3) is 11.1. The fourth-order valence-electron chi connectivity index (χ4n) is 5.21. The van der Waals surface area contributed by atoms with Crippen LogP contribution in [0, 0.1) is 13.8 Å². The number of nitrogens with zero attached hydrogens (tertiary/aromatic N) is 3. The van der Waals surface area contributed by atoms with Gasteiger partial charge in [0.05, 0.1) is 11.4 Å². The lowest BCUT2D eigenvalue weighted by Gasteiger charge is -2.32. The number of carbonyl (C=O) groups is 3. The molecule has 1 fully saturated rings. The van der Waals surface area contributed by atoms with Gasteiger partial charge in [0, 0.05) is 48.9 Å². The first-order valence-electron chi connectivity index (χ1n) is 15.9. The van der Waals surface area contributed by atoms with E-state index in [9.17, 15) is 14.4 Å². The Kier molecular flexibility index (Phi) is 12.7. The van der Waals surface area contributed by atoms with Crippen LogP contribution in [0.1, 0.15) is 63.6 Å². The van der Waals surface area contributed by atoms with Crippen molar-refractivity contribution in [2.24, 2.45) is 0 Å². The molecule has 0 saturated carbocycles. The molecule has 2 N–H and O–H groups in total. The van der Waals surface area contributed by atoms with Gasteiger partial charge in [-0.25, -0.2) is 9.78 Å². The fourth-order valence-corrected chi connectivity index (χ4v) is 6.86. The summed E-state index contributed by atoms with van der Waals surface area (Å²) < 4.78 is 6.27. The Morgan fingerprint density at radius 2 is 1.83 bits per heavy atom. The van der Waals surface area contributed by atoms with E-state index in [2.05, 4.69) is 47.6 Å². The molecule has 46 heavy (non-hydrogen) atoms. The van der Waals surface area contributed by atoms with E-state index in [0.29, 0.717) is 24.4 Å². The number of nitrogens with one attached hydrogen (secondary N) is 2. The highest BCUT2D eigenvalue weighted by Gasteiger charge is 2.24. The first kappa shape index (κ1) is 35.4. The number of carbonyl (C=O) groups excluding carboxylic acids is 3. The molecule has 0 radical (unpaired) electrons. The maximum absolute atomic E-state index is 12.8. The van der Waals surface area contributed by atoms with Gasteiger partial charge >= 0.3 is 6.09 Å². The third-order valence-electron chi connectivity index (χ3n) is 7.66. The van der Waals surface area contributed by atoms with Gasteiger partial charge in [0.25, 0.3) is 0 Å². The normalized spacial score (nSPS) is 14.1. The molecule has 1 saturated heterocycles. The Morgan fingerprint density at radius 3 is 2.52 bits per heavy atom. The lowest BCUT2D eigenvalue weighted by atomic mass is 10.0. The summed E-state index contributed by atoms with van der Waals surface area (Å²) >= 11 is 2.93. The van der Waals surface area contributed by atoms with Crippen molar-refractivity contribution in [1.29, 1.82) is 0 Å². The number of thiazole rings is 1. The molecule has 9 nitrogen and oxygen atoms in total. The number of anilines is 1. The second kappa shape index (κ2) is 16.4. The van der Waals surface area contributed by atoms with Gasteiger partial charge in [-0.05, 0) is 82.7 Å². The van der Waals surface area contributed by atoms with Crippen molar-refractivity contribution in [3.8, 4) is 11.3 Å². The maximum atomic E-state index is 12.8. The van der Waals surface area contributed by atoms with Crippen molar-refractivity contribution in [1.82, 2.24) is 20.1 Å². The van der Waals surface area contributed by atoms with Gasteiger partial charge in [0.1, 0.15) is 12.1 Å². The molecule has 11 heteroatoms. The Labute approximate surface area is 281 Å². The molecule has 1 aliphatic rings. The van der Waals surface area contributed by atoms with Gasteiger partial charge in [0.2, 0.25) is 11.8 Å². The molecule has 0 bridgehead atoms. The minimum atomic E-state index is -0.637. The highest BCUT2D eigenvalue weighted by atomic mass is 32.2. The summed E-state index contributed by atoms with van der Waals surface area (Å²) in [7, 11) is 0. The summed E-state index contributed by atoms with van der Waals surface area (Å²) in [6.45, 7) is 14.9. The fraction of sp³-hybridized carbons (Fsp3) is 0.486. The molecule has 1 aliphatic heterocycles. The van der Waals surface area contributed by atoms with Crippen LogP contribution in [0.5, 0.6) is 0 Å². The zero-order chi connectivity index (χ0) is 33.3. The lowest BCUT2D eigenvalue weighted by molar-refractivity contribution is -0.119. The zero-order valence-corrected chi connectivity index (χ0v) is 29.5. The summed E-state index contributed by atoms with van der Waals surface area (Å²) in [6.07, 6.45) is 2.11. The third-order valence-corrected chi connectivity index (χ3v) is 9.68. The zero-order valence-electron chi connectivity index (χ0n) is 27.9. The number of ether oxygens (including phenoxy) is 1. The van der Waals surface area contributed by atoms with E-state index in [0.717, 1.165) is 48.1 Å². The molecule has 4 rings (SSSR count). The molecular formula is C35H47N5O4S2. The van der Waals surface area contributed by atoms with Crippen LogP contribution < -0.4 is 10.6 Å². The molecule has 0 spiro atoms. The van der Waals surface area contributed by atoms with Crippen LogP contribution in [-0.4, -0.2) is 76.3 Å². The Morgan fingerprint density at radius 1 is 1.07 bits per heavy atom. The Bertz CT molecular complexity index is 1490. The predicted octanol–water partition coefficient (Wildman–Crippen LogP) is 6.89. The van der Waals surface area contributed by atoms with Gasteiger partial charge in [-0.2, -0.15) is 0 Å². The maximum Gasteiger partial charge on any atom is 0.410 e. The smallest absolute Gasteiger partial charge is 0.410 e. The van der Waals surface area contributed by atoms with Gasteiger partial charge in [-0.3, -0.25) is 19.4 Å². The van der Waals surface area contributed by atoms with Crippen molar-refractivity contribution in [2.45, 2.75) is 83.3 Å². The molecule has 1 aromatic heterocycles. The van der Waals surface area contributed by atoms with E-state index >= 15 is 0 Å².